The van der Waals surface area contributed by atoms with Crippen LogP contribution in [0, 0.1) is 6.92 Å². The van der Waals surface area contributed by atoms with Gasteiger partial charge in [0.25, 0.3) is 0 Å². The minimum absolute atomic E-state index is 0.757. The van der Waals surface area contributed by atoms with Crippen LogP contribution < -0.4 is 0 Å². The molecule has 0 saturated heterocycles. The Hall–Kier alpha value is -2.74. The van der Waals surface area contributed by atoms with Gasteiger partial charge in [-0.3, -0.25) is 9.97 Å². The topological polar surface area (TPSA) is 25.8 Å². The number of nitrogens with zero attached hydrogens (tertiary/aromatic N) is 2. The van der Waals surface area contributed by atoms with Gasteiger partial charge in [-0.2, -0.15) is 0 Å². The van der Waals surface area contributed by atoms with Crippen LogP contribution in [-0.2, 0) is 6.42 Å². The van der Waals surface area contributed by atoms with Gasteiger partial charge < -0.3 is 0 Å². The lowest BCUT2D eigenvalue weighted by molar-refractivity contribution is 1.01. The molecular formula is C20H16N2. The van der Waals surface area contributed by atoms with Crippen LogP contribution in [0.4, 0.5) is 0 Å². The Labute approximate surface area is 129 Å². The van der Waals surface area contributed by atoms with Crippen LogP contribution in [0.1, 0.15) is 17.1 Å². The molecule has 2 aromatic carbocycles. The van der Waals surface area contributed by atoms with Crippen LogP contribution in [-0.4, -0.2) is 9.97 Å². The van der Waals surface area contributed by atoms with Crippen LogP contribution in [0.25, 0.3) is 21.5 Å². The molecule has 2 nitrogen and oxygen atoms in total. The Morgan fingerprint density at radius 1 is 0.818 bits per heavy atom. The van der Waals surface area contributed by atoms with Crippen molar-refractivity contribution < 1.29 is 0 Å². The predicted molar refractivity (Wildman–Crippen MR) is 91.0 cm³/mol. The van der Waals surface area contributed by atoms with Crippen molar-refractivity contribution in [3.63, 3.8) is 0 Å². The highest BCUT2D eigenvalue weighted by atomic mass is 14.7. The van der Waals surface area contributed by atoms with Crippen molar-refractivity contribution in [3.8, 4) is 0 Å². The first-order valence-electron chi connectivity index (χ1n) is 7.48. The Kier molecular flexibility index (Phi) is 3.08. The molecule has 4 rings (SSSR count). The van der Waals surface area contributed by atoms with E-state index in [4.69, 9.17) is 4.98 Å². The van der Waals surface area contributed by atoms with Gasteiger partial charge in [0.1, 0.15) is 0 Å². The normalized spacial score (nSPS) is 11.1. The number of hydrogen-bond donors (Lipinski definition) is 0. The highest BCUT2D eigenvalue weighted by Gasteiger charge is 2.06. The number of aryl methyl sites for hydroxylation is 1. The maximum absolute atomic E-state index is 4.74. The molecule has 0 fully saturated rings. The van der Waals surface area contributed by atoms with Crippen molar-refractivity contribution in [2.75, 3.05) is 0 Å². The Morgan fingerprint density at radius 3 is 2.41 bits per heavy atom. The van der Waals surface area contributed by atoms with E-state index in [1.54, 1.807) is 0 Å². The lowest BCUT2D eigenvalue weighted by atomic mass is 10.0. The monoisotopic (exact) mass is 284 g/mol. The molecule has 0 aliphatic heterocycles. The first kappa shape index (κ1) is 13.0. The molecule has 0 radical (unpaired) electrons. The van der Waals surface area contributed by atoms with E-state index in [0.717, 1.165) is 23.5 Å². The molecule has 22 heavy (non-hydrogen) atoms. The van der Waals surface area contributed by atoms with E-state index in [2.05, 4.69) is 59.6 Å². The summed E-state index contributed by atoms with van der Waals surface area (Å²) < 4.78 is 0. The number of aromatic nitrogens is 2. The highest BCUT2D eigenvalue weighted by molar-refractivity contribution is 5.85. The molecule has 0 amide bonds. The lowest BCUT2D eigenvalue weighted by Gasteiger charge is -2.08. The second-order valence-electron chi connectivity index (χ2n) is 5.63. The van der Waals surface area contributed by atoms with E-state index in [-0.39, 0.29) is 0 Å². The zero-order valence-electron chi connectivity index (χ0n) is 12.5. The SMILES string of the molecule is Cc1cc2ccccc2c(Cc2cc3ccccc3cn2)n1. The third-order valence-electron chi connectivity index (χ3n) is 3.98. The van der Waals surface area contributed by atoms with Gasteiger partial charge >= 0.3 is 0 Å². The van der Waals surface area contributed by atoms with Crippen molar-refractivity contribution in [2.45, 2.75) is 13.3 Å². The predicted octanol–water partition coefficient (Wildman–Crippen LogP) is 4.68. The average molecular weight is 284 g/mol. The third-order valence-corrected chi connectivity index (χ3v) is 3.98. The van der Waals surface area contributed by atoms with Gasteiger partial charge in [0.05, 0.1) is 5.69 Å². The quantitative estimate of drug-likeness (QED) is 0.534. The summed E-state index contributed by atoms with van der Waals surface area (Å²) in [5.74, 6) is 0. The fourth-order valence-electron chi connectivity index (χ4n) is 2.95. The van der Waals surface area contributed by atoms with Gasteiger partial charge in [-0.15, -0.1) is 0 Å². The molecule has 0 aliphatic rings. The number of fused-ring (bicyclic) bond motifs is 2. The summed E-state index contributed by atoms with van der Waals surface area (Å²) in [6, 6.07) is 21.0. The summed E-state index contributed by atoms with van der Waals surface area (Å²) in [4.78, 5) is 9.34. The molecule has 4 aromatic rings. The summed E-state index contributed by atoms with van der Waals surface area (Å²) in [5.41, 5.74) is 3.20. The molecule has 0 bridgehead atoms. The maximum atomic E-state index is 4.74. The van der Waals surface area contributed by atoms with Crippen molar-refractivity contribution in [1.29, 1.82) is 0 Å². The van der Waals surface area contributed by atoms with Crippen LogP contribution in [0.5, 0.6) is 0 Å². The van der Waals surface area contributed by atoms with E-state index in [9.17, 15) is 0 Å². The van der Waals surface area contributed by atoms with Gasteiger partial charge in [-0.25, -0.2) is 0 Å². The number of rotatable bonds is 2. The standard InChI is InChI=1S/C20H16N2/c1-14-10-16-7-4-5-9-19(16)20(22-14)12-18-11-15-6-2-3-8-17(15)13-21-18/h2-11,13H,12H2,1H3. The molecule has 2 heterocycles. The van der Waals surface area contributed by atoms with Gasteiger partial charge in [0.2, 0.25) is 0 Å². The first-order chi connectivity index (χ1) is 10.8. The van der Waals surface area contributed by atoms with Crippen molar-refractivity contribution in [2.24, 2.45) is 0 Å². The van der Waals surface area contributed by atoms with E-state index in [1.165, 1.54) is 21.5 Å². The molecular weight excluding hydrogens is 268 g/mol. The van der Waals surface area contributed by atoms with E-state index < -0.39 is 0 Å². The molecule has 0 aliphatic carbocycles. The minimum Gasteiger partial charge on any atom is -0.260 e. The summed E-state index contributed by atoms with van der Waals surface area (Å²) in [5, 5.41) is 4.85. The molecule has 0 N–H and O–H groups in total. The molecule has 0 unspecified atom stereocenters. The summed E-state index contributed by atoms with van der Waals surface area (Å²) in [6.45, 7) is 2.05. The molecule has 2 heteroatoms. The van der Waals surface area contributed by atoms with Crippen LogP contribution in [0.15, 0.2) is 66.9 Å². The van der Waals surface area contributed by atoms with Crippen LogP contribution in [0.3, 0.4) is 0 Å². The summed E-state index contributed by atoms with van der Waals surface area (Å²) >= 11 is 0. The largest absolute Gasteiger partial charge is 0.260 e. The molecule has 2 aromatic heterocycles. The smallest absolute Gasteiger partial charge is 0.0544 e. The zero-order valence-corrected chi connectivity index (χ0v) is 12.5. The highest BCUT2D eigenvalue weighted by Crippen LogP contribution is 2.21. The Morgan fingerprint density at radius 2 is 1.55 bits per heavy atom. The molecule has 0 spiro atoms. The van der Waals surface area contributed by atoms with Gasteiger partial charge in [0, 0.05) is 34.8 Å². The number of pyridine rings is 2. The number of benzene rings is 2. The van der Waals surface area contributed by atoms with E-state index in [0.29, 0.717) is 0 Å². The number of hydrogen-bond acceptors (Lipinski definition) is 2. The zero-order chi connectivity index (χ0) is 14.9. The molecule has 106 valence electrons. The first-order valence-corrected chi connectivity index (χ1v) is 7.48. The van der Waals surface area contributed by atoms with Gasteiger partial charge in [0.15, 0.2) is 0 Å². The summed E-state index contributed by atoms with van der Waals surface area (Å²) in [7, 11) is 0. The van der Waals surface area contributed by atoms with E-state index in [1.807, 2.05) is 19.2 Å². The third kappa shape index (κ3) is 2.33. The second-order valence-corrected chi connectivity index (χ2v) is 5.63. The maximum Gasteiger partial charge on any atom is 0.0544 e. The second kappa shape index (κ2) is 5.23. The van der Waals surface area contributed by atoms with Crippen molar-refractivity contribution in [3.05, 3.63) is 83.9 Å². The van der Waals surface area contributed by atoms with Crippen LogP contribution in [0.2, 0.25) is 0 Å². The van der Waals surface area contributed by atoms with E-state index >= 15 is 0 Å². The van der Waals surface area contributed by atoms with Crippen molar-refractivity contribution in [1.82, 2.24) is 9.97 Å². The molecule has 0 atom stereocenters. The minimum atomic E-state index is 0.757. The van der Waals surface area contributed by atoms with Gasteiger partial charge in [-0.1, -0.05) is 48.5 Å². The van der Waals surface area contributed by atoms with Gasteiger partial charge in [-0.05, 0) is 29.8 Å². The summed E-state index contributed by atoms with van der Waals surface area (Å²) in [6.07, 6.45) is 2.70. The van der Waals surface area contributed by atoms with Crippen LogP contribution >= 0.6 is 0 Å². The average Bonchev–Trinajstić information content (AvgIpc) is 2.54. The Balaban J connectivity index is 1.82. The molecule has 0 saturated carbocycles. The lowest BCUT2D eigenvalue weighted by Crippen LogP contribution is -1.98. The Bertz CT molecular complexity index is 973. The van der Waals surface area contributed by atoms with Crippen molar-refractivity contribution >= 4 is 21.5 Å². The fourth-order valence-corrected chi connectivity index (χ4v) is 2.95. The fraction of sp³-hybridized carbons (Fsp3) is 0.100.